The Balaban J connectivity index is 1.88. The van der Waals surface area contributed by atoms with Crippen molar-refractivity contribution in [2.45, 2.75) is 37.6 Å². The Labute approximate surface area is 126 Å². The molecule has 0 unspecified atom stereocenters. The molecule has 0 atom stereocenters. The highest BCUT2D eigenvalue weighted by Crippen LogP contribution is 2.37. The van der Waals surface area contributed by atoms with Gasteiger partial charge in [0.1, 0.15) is 4.88 Å². The number of rotatable bonds is 1. The van der Waals surface area contributed by atoms with Crippen molar-refractivity contribution in [3.05, 3.63) is 20.8 Å². The van der Waals surface area contributed by atoms with Crippen molar-refractivity contribution in [3.8, 4) is 0 Å². The van der Waals surface area contributed by atoms with Crippen molar-refractivity contribution in [3.63, 3.8) is 0 Å². The second-order valence-corrected chi connectivity index (χ2v) is 7.29. The SMILES string of the molecule is O=C(c1sccc1Br)N1CCNCC12CCCCC2. The molecule has 3 nitrogen and oxygen atoms in total. The summed E-state index contributed by atoms with van der Waals surface area (Å²) in [7, 11) is 0. The van der Waals surface area contributed by atoms with Crippen molar-refractivity contribution < 1.29 is 4.79 Å². The van der Waals surface area contributed by atoms with Gasteiger partial charge in [-0.1, -0.05) is 19.3 Å². The third-order valence-corrected chi connectivity index (χ3v) is 6.21. The van der Waals surface area contributed by atoms with Gasteiger partial charge in [-0.3, -0.25) is 4.79 Å². The maximum atomic E-state index is 12.8. The number of nitrogens with one attached hydrogen (secondary N) is 1. The van der Waals surface area contributed by atoms with Gasteiger partial charge in [-0.15, -0.1) is 11.3 Å². The second kappa shape index (κ2) is 5.54. The van der Waals surface area contributed by atoms with Gasteiger partial charge in [-0.05, 0) is 40.2 Å². The van der Waals surface area contributed by atoms with Crippen molar-refractivity contribution in [1.29, 1.82) is 0 Å². The van der Waals surface area contributed by atoms with Crippen LogP contribution in [0, 0.1) is 0 Å². The maximum absolute atomic E-state index is 12.8. The van der Waals surface area contributed by atoms with E-state index in [0.29, 0.717) is 0 Å². The minimum absolute atomic E-state index is 0.0665. The molecular formula is C14H19BrN2OS. The molecule has 1 aromatic heterocycles. The van der Waals surface area contributed by atoms with Gasteiger partial charge in [0, 0.05) is 24.1 Å². The first-order valence-corrected chi connectivity index (χ1v) is 8.66. The van der Waals surface area contributed by atoms with E-state index in [1.807, 2.05) is 11.4 Å². The molecule has 1 saturated heterocycles. The molecule has 1 spiro atoms. The van der Waals surface area contributed by atoms with E-state index in [1.165, 1.54) is 19.3 Å². The van der Waals surface area contributed by atoms with Gasteiger partial charge in [0.2, 0.25) is 0 Å². The van der Waals surface area contributed by atoms with Crippen LogP contribution in [0.1, 0.15) is 41.8 Å². The molecule has 2 fully saturated rings. The lowest BCUT2D eigenvalue weighted by molar-refractivity contribution is 0.0226. The predicted molar refractivity (Wildman–Crippen MR) is 81.7 cm³/mol. The first kappa shape index (κ1) is 13.6. The quantitative estimate of drug-likeness (QED) is 0.849. The van der Waals surface area contributed by atoms with Crippen LogP contribution in [-0.2, 0) is 0 Å². The molecule has 0 radical (unpaired) electrons. The summed E-state index contributed by atoms with van der Waals surface area (Å²) in [5.41, 5.74) is 0.0665. The van der Waals surface area contributed by atoms with Crippen LogP contribution in [0.15, 0.2) is 15.9 Å². The summed E-state index contributed by atoms with van der Waals surface area (Å²) in [6, 6.07) is 1.97. The minimum Gasteiger partial charge on any atom is -0.330 e. The van der Waals surface area contributed by atoms with E-state index in [-0.39, 0.29) is 11.4 Å². The fourth-order valence-corrected chi connectivity index (χ4v) is 4.88. The van der Waals surface area contributed by atoms with E-state index in [1.54, 1.807) is 11.3 Å². The molecule has 5 heteroatoms. The van der Waals surface area contributed by atoms with Gasteiger partial charge < -0.3 is 10.2 Å². The molecular weight excluding hydrogens is 324 g/mol. The highest BCUT2D eigenvalue weighted by atomic mass is 79.9. The van der Waals surface area contributed by atoms with Crippen LogP contribution < -0.4 is 5.32 Å². The van der Waals surface area contributed by atoms with E-state index in [4.69, 9.17) is 0 Å². The average molecular weight is 343 g/mol. The largest absolute Gasteiger partial charge is 0.330 e. The highest BCUT2D eigenvalue weighted by Gasteiger charge is 2.42. The number of piperazine rings is 1. The summed E-state index contributed by atoms with van der Waals surface area (Å²) in [6.07, 6.45) is 6.10. The van der Waals surface area contributed by atoms with Crippen LogP contribution in [0.3, 0.4) is 0 Å². The van der Waals surface area contributed by atoms with Gasteiger partial charge in [-0.2, -0.15) is 0 Å². The molecule has 0 bridgehead atoms. The molecule has 1 amide bonds. The molecule has 1 aliphatic carbocycles. The Morgan fingerprint density at radius 1 is 1.37 bits per heavy atom. The monoisotopic (exact) mass is 342 g/mol. The Kier molecular flexibility index (Phi) is 3.96. The molecule has 3 rings (SSSR count). The first-order chi connectivity index (χ1) is 9.23. The topological polar surface area (TPSA) is 32.3 Å². The Morgan fingerprint density at radius 2 is 2.16 bits per heavy atom. The third kappa shape index (κ3) is 2.48. The molecule has 1 saturated carbocycles. The van der Waals surface area contributed by atoms with Crippen LogP contribution in [0.25, 0.3) is 0 Å². The molecule has 104 valence electrons. The summed E-state index contributed by atoms with van der Waals surface area (Å²) in [5.74, 6) is 0.213. The summed E-state index contributed by atoms with van der Waals surface area (Å²) >= 11 is 5.03. The summed E-state index contributed by atoms with van der Waals surface area (Å²) in [4.78, 5) is 15.8. The summed E-state index contributed by atoms with van der Waals surface area (Å²) < 4.78 is 0.937. The van der Waals surface area contributed by atoms with Gasteiger partial charge in [0.05, 0.1) is 5.54 Å². The fraction of sp³-hybridized carbons (Fsp3) is 0.643. The number of hydrogen-bond acceptors (Lipinski definition) is 3. The molecule has 1 aliphatic heterocycles. The van der Waals surface area contributed by atoms with Gasteiger partial charge in [-0.25, -0.2) is 0 Å². The molecule has 0 aromatic carbocycles. The Hall–Kier alpha value is -0.390. The van der Waals surface area contributed by atoms with Crippen LogP contribution in [-0.4, -0.2) is 36.0 Å². The number of halogens is 1. The lowest BCUT2D eigenvalue weighted by Gasteiger charge is -2.49. The van der Waals surface area contributed by atoms with E-state index in [9.17, 15) is 4.79 Å². The van der Waals surface area contributed by atoms with Crippen LogP contribution in [0.5, 0.6) is 0 Å². The van der Waals surface area contributed by atoms with Crippen molar-refractivity contribution in [1.82, 2.24) is 10.2 Å². The van der Waals surface area contributed by atoms with Gasteiger partial charge in [0.15, 0.2) is 0 Å². The van der Waals surface area contributed by atoms with Gasteiger partial charge in [0.25, 0.3) is 5.91 Å². The standard InChI is InChI=1S/C14H19BrN2OS/c15-11-4-9-19-12(11)13(18)17-8-7-16-10-14(17)5-2-1-3-6-14/h4,9,16H,1-3,5-8,10H2. The maximum Gasteiger partial charge on any atom is 0.265 e. The normalized spacial score (nSPS) is 22.7. The lowest BCUT2D eigenvalue weighted by Crippen LogP contribution is -2.63. The Morgan fingerprint density at radius 3 is 2.84 bits per heavy atom. The van der Waals surface area contributed by atoms with Crippen LogP contribution in [0.2, 0.25) is 0 Å². The summed E-state index contributed by atoms with van der Waals surface area (Å²) in [5, 5.41) is 5.47. The molecule has 2 heterocycles. The number of hydrogen-bond donors (Lipinski definition) is 1. The van der Waals surface area contributed by atoms with Gasteiger partial charge >= 0.3 is 0 Å². The van der Waals surface area contributed by atoms with E-state index >= 15 is 0 Å². The van der Waals surface area contributed by atoms with E-state index in [2.05, 4.69) is 26.1 Å². The molecule has 1 N–H and O–H groups in total. The number of amides is 1. The zero-order valence-corrected chi connectivity index (χ0v) is 13.4. The molecule has 19 heavy (non-hydrogen) atoms. The zero-order chi connectivity index (χ0) is 13.3. The first-order valence-electron chi connectivity index (χ1n) is 6.99. The van der Waals surface area contributed by atoms with E-state index in [0.717, 1.165) is 41.8 Å². The second-order valence-electron chi connectivity index (χ2n) is 5.52. The van der Waals surface area contributed by atoms with Crippen molar-refractivity contribution >= 4 is 33.2 Å². The molecule has 2 aliphatic rings. The number of carbonyl (C=O) groups is 1. The highest BCUT2D eigenvalue weighted by molar-refractivity contribution is 9.10. The van der Waals surface area contributed by atoms with Crippen LogP contribution >= 0.6 is 27.3 Å². The zero-order valence-electron chi connectivity index (χ0n) is 11.0. The smallest absolute Gasteiger partial charge is 0.265 e. The van der Waals surface area contributed by atoms with Crippen LogP contribution in [0.4, 0.5) is 0 Å². The van der Waals surface area contributed by atoms with Crippen molar-refractivity contribution in [2.75, 3.05) is 19.6 Å². The third-order valence-electron chi connectivity index (χ3n) is 4.38. The summed E-state index contributed by atoms with van der Waals surface area (Å²) in [6.45, 7) is 2.71. The minimum atomic E-state index is 0.0665. The fourth-order valence-electron chi connectivity index (χ4n) is 3.39. The predicted octanol–water partition coefficient (Wildman–Crippen LogP) is 3.26. The van der Waals surface area contributed by atoms with E-state index < -0.39 is 0 Å². The lowest BCUT2D eigenvalue weighted by atomic mass is 9.79. The van der Waals surface area contributed by atoms with Crippen molar-refractivity contribution in [2.24, 2.45) is 0 Å². The average Bonchev–Trinajstić information content (AvgIpc) is 2.86. The Bertz CT molecular complexity index is 460. The molecule has 1 aromatic rings. The number of carbonyl (C=O) groups excluding carboxylic acids is 1. The number of nitrogens with zero attached hydrogens (tertiary/aromatic N) is 1. The number of thiophene rings is 1.